The van der Waals surface area contributed by atoms with Crippen LogP contribution in [0.3, 0.4) is 0 Å². The molecule has 0 aliphatic heterocycles. The molecule has 0 saturated heterocycles. The number of nitrogens with zero attached hydrogens (tertiary/aromatic N) is 2. The van der Waals surface area contributed by atoms with E-state index in [0.29, 0.717) is 12.6 Å². The molecule has 0 saturated carbocycles. The summed E-state index contributed by atoms with van der Waals surface area (Å²) in [6.07, 6.45) is 0.952. The topological polar surface area (TPSA) is 71.1 Å². The summed E-state index contributed by atoms with van der Waals surface area (Å²) in [6.45, 7) is 6.29. The Morgan fingerprint density at radius 3 is 2.64 bits per heavy atom. The Morgan fingerprint density at radius 2 is 2.21 bits per heavy atom. The predicted octanol–water partition coefficient (Wildman–Crippen LogP) is 0.480. The van der Waals surface area contributed by atoms with Crippen molar-refractivity contribution in [2.45, 2.75) is 26.3 Å². The molecule has 0 aromatic carbocycles. The molecule has 0 aliphatic rings. The molecule has 84 valence electrons. The lowest BCUT2D eigenvalue weighted by Gasteiger charge is -2.25. The van der Waals surface area contributed by atoms with E-state index in [4.69, 9.17) is 15.7 Å². The Bertz CT molecular complexity index is 171. The van der Waals surface area contributed by atoms with E-state index in [0.717, 1.165) is 19.6 Å². The van der Waals surface area contributed by atoms with Gasteiger partial charge in [-0.1, -0.05) is 5.16 Å². The number of ether oxygens (including phenoxy) is 1. The first kappa shape index (κ1) is 13.2. The fraction of sp³-hybridized carbons (Fsp3) is 0.889. The highest BCUT2D eigenvalue weighted by Gasteiger charge is 2.10. The van der Waals surface area contributed by atoms with Gasteiger partial charge in [0.2, 0.25) is 0 Å². The highest BCUT2D eigenvalue weighted by atomic mass is 16.5. The van der Waals surface area contributed by atoms with Crippen LogP contribution in [0.2, 0.25) is 0 Å². The maximum absolute atomic E-state index is 8.45. The Morgan fingerprint density at radius 1 is 1.57 bits per heavy atom. The van der Waals surface area contributed by atoms with Crippen LogP contribution in [0, 0.1) is 0 Å². The van der Waals surface area contributed by atoms with Crippen LogP contribution in [0.5, 0.6) is 0 Å². The van der Waals surface area contributed by atoms with Crippen molar-refractivity contribution >= 4 is 5.84 Å². The van der Waals surface area contributed by atoms with E-state index in [1.54, 1.807) is 7.11 Å². The molecular weight excluding hydrogens is 182 g/mol. The van der Waals surface area contributed by atoms with Crippen LogP contribution < -0.4 is 5.73 Å². The summed E-state index contributed by atoms with van der Waals surface area (Å²) < 4.78 is 4.97. The number of nitrogens with two attached hydrogens (primary N) is 1. The lowest BCUT2D eigenvalue weighted by Crippen LogP contribution is -2.39. The van der Waals surface area contributed by atoms with Crippen molar-refractivity contribution in [1.82, 2.24) is 4.90 Å². The van der Waals surface area contributed by atoms with Gasteiger partial charge in [-0.15, -0.1) is 0 Å². The minimum atomic E-state index is 0.246. The monoisotopic (exact) mass is 203 g/mol. The Kier molecular flexibility index (Phi) is 7.14. The molecule has 5 heteroatoms. The van der Waals surface area contributed by atoms with Crippen molar-refractivity contribution in [2.24, 2.45) is 10.9 Å². The number of oxime groups is 1. The SMILES string of the molecule is COCCCN(CC(N)=NO)C(C)C. The molecule has 0 atom stereocenters. The molecule has 0 heterocycles. The van der Waals surface area contributed by atoms with E-state index in [-0.39, 0.29) is 5.84 Å². The van der Waals surface area contributed by atoms with Gasteiger partial charge in [-0.3, -0.25) is 4.90 Å². The van der Waals surface area contributed by atoms with Crippen molar-refractivity contribution in [2.75, 3.05) is 26.8 Å². The minimum Gasteiger partial charge on any atom is -0.409 e. The van der Waals surface area contributed by atoms with Gasteiger partial charge >= 0.3 is 0 Å². The predicted molar refractivity (Wildman–Crippen MR) is 56.6 cm³/mol. The van der Waals surface area contributed by atoms with E-state index < -0.39 is 0 Å². The third-order valence-electron chi connectivity index (χ3n) is 2.02. The molecule has 3 N–H and O–H groups in total. The zero-order valence-electron chi connectivity index (χ0n) is 9.23. The number of hydrogen-bond acceptors (Lipinski definition) is 4. The highest BCUT2D eigenvalue weighted by molar-refractivity contribution is 5.81. The van der Waals surface area contributed by atoms with Gasteiger partial charge < -0.3 is 15.7 Å². The Balaban J connectivity index is 3.90. The highest BCUT2D eigenvalue weighted by Crippen LogP contribution is 1.99. The summed E-state index contributed by atoms with van der Waals surface area (Å²) in [4.78, 5) is 2.13. The second kappa shape index (κ2) is 7.58. The number of rotatable bonds is 7. The van der Waals surface area contributed by atoms with Crippen molar-refractivity contribution in [3.8, 4) is 0 Å². The number of methoxy groups -OCH3 is 1. The number of amidine groups is 1. The maximum Gasteiger partial charge on any atom is 0.153 e. The molecule has 0 radical (unpaired) electrons. The maximum atomic E-state index is 8.45. The van der Waals surface area contributed by atoms with Crippen LogP contribution in [-0.4, -0.2) is 48.8 Å². The van der Waals surface area contributed by atoms with Gasteiger partial charge in [0, 0.05) is 26.3 Å². The van der Waals surface area contributed by atoms with Crippen LogP contribution in [0.4, 0.5) is 0 Å². The van der Waals surface area contributed by atoms with Crippen LogP contribution in [-0.2, 0) is 4.74 Å². The summed E-state index contributed by atoms with van der Waals surface area (Å²) in [6, 6.07) is 0.382. The van der Waals surface area contributed by atoms with Crippen molar-refractivity contribution in [3.05, 3.63) is 0 Å². The van der Waals surface area contributed by atoms with E-state index in [1.807, 2.05) is 0 Å². The quantitative estimate of drug-likeness (QED) is 0.207. The van der Waals surface area contributed by atoms with E-state index in [2.05, 4.69) is 23.9 Å². The van der Waals surface area contributed by atoms with E-state index in [9.17, 15) is 0 Å². The van der Waals surface area contributed by atoms with Crippen LogP contribution in [0.25, 0.3) is 0 Å². The van der Waals surface area contributed by atoms with Gasteiger partial charge in [-0.05, 0) is 20.3 Å². The Hall–Kier alpha value is -0.810. The standard InChI is InChI=1S/C9H21N3O2/c1-8(2)12(5-4-6-14-3)7-9(10)11-13/h8,13H,4-7H2,1-3H3,(H2,10,11). The normalized spacial score (nSPS) is 12.8. The molecule has 0 aromatic rings. The molecule has 5 nitrogen and oxygen atoms in total. The summed E-state index contributed by atoms with van der Waals surface area (Å²) >= 11 is 0. The molecule has 0 amide bonds. The molecule has 0 unspecified atom stereocenters. The summed E-state index contributed by atoms with van der Waals surface area (Å²) in [7, 11) is 1.68. The fourth-order valence-corrected chi connectivity index (χ4v) is 1.17. The second-order valence-electron chi connectivity index (χ2n) is 3.50. The average Bonchev–Trinajstić information content (AvgIpc) is 2.16. The van der Waals surface area contributed by atoms with Gasteiger partial charge in [-0.25, -0.2) is 0 Å². The first-order valence-electron chi connectivity index (χ1n) is 4.81. The molecule has 0 rings (SSSR count). The third kappa shape index (κ3) is 5.77. The van der Waals surface area contributed by atoms with Gasteiger partial charge in [-0.2, -0.15) is 0 Å². The van der Waals surface area contributed by atoms with E-state index >= 15 is 0 Å². The van der Waals surface area contributed by atoms with Crippen LogP contribution >= 0.6 is 0 Å². The largest absolute Gasteiger partial charge is 0.409 e. The number of hydrogen-bond donors (Lipinski definition) is 2. The first-order valence-corrected chi connectivity index (χ1v) is 4.81. The summed E-state index contributed by atoms with van der Waals surface area (Å²) in [5.74, 6) is 0.246. The summed E-state index contributed by atoms with van der Waals surface area (Å²) in [5.41, 5.74) is 5.44. The minimum absolute atomic E-state index is 0.246. The van der Waals surface area contributed by atoms with Crippen molar-refractivity contribution in [3.63, 3.8) is 0 Å². The summed E-state index contributed by atoms with van der Waals surface area (Å²) in [5, 5.41) is 11.4. The molecule has 0 spiro atoms. The lowest BCUT2D eigenvalue weighted by molar-refractivity contribution is 0.166. The van der Waals surface area contributed by atoms with Gasteiger partial charge in [0.1, 0.15) is 0 Å². The zero-order chi connectivity index (χ0) is 11.0. The molecule has 0 aromatic heterocycles. The molecule has 0 bridgehead atoms. The lowest BCUT2D eigenvalue weighted by atomic mass is 10.3. The zero-order valence-corrected chi connectivity index (χ0v) is 9.23. The van der Waals surface area contributed by atoms with Crippen LogP contribution in [0.1, 0.15) is 20.3 Å². The van der Waals surface area contributed by atoms with Crippen molar-refractivity contribution in [1.29, 1.82) is 0 Å². The van der Waals surface area contributed by atoms with E-state index in [1.165, 1.54) is 0 Å². The van der Waals surface area contributed by atoms with Gasteiger partial charge in [0.25, 0.3) is 0 Å². The van der Waals surface area contributed by atoms with Gasteiger partial charge in [0.15, 0.2) is 5.84 Å². The molecule has 14 heavy (non-hydrogen) atoms. The second-order valence-corrected chi connectivity index (χ2v) is 3.50. The fourth-order valence-electron chi connectivity index (χ4n) is 1.17. The Labute approximate surface area is 85.5 Å². The molecule has 0 fully saturated rings. The van der Waals surface area contributed by atoms with Gasteiger partial charge in [0.05, 0.1) is 6.54 Å². The molecule has 0 aliphatic carbocycles. The average molecular weight is 203 g/mol. The third-order valence-corrected chi connectivity index (χ3v) is 2.02. The van der Waals surface area contributed by atoms with Crippen LogP contribution in [0.15, 0.2) is 5.16 Å². The smallest absolute Gasteiger partial charge is 0.153 e. The van der Waals surface area contributed by atoms with Crippen molar-refractivity contribution < 1.29 is 9.94 Å². The molecular formula is C9H21N3O2. The first-order chi connectivity index (χ1) is 6.61.